The first-order chi connectivity index (χ1) is 44.4. The number of hydrogen-bond acceptors (Lipinski definition) is 17. The molecular formula is C66H88Cl2N12O10S2. The van der Waals surface area contributed by atoms with Crippen LogP contribution >= 0.6 is 23.2 Å². The molecule has 92 heavy (non-hydrogen) atoms. The van der Waals surface area contributed by atoms with Crippen LogP contribution in [0.1, 0.15) is 98.0 Å². The molecule has 0 radical (unpaired) electrons. The number of ether oxygens (including phenoxy) is 4. The lowest BCUT2D eigenvalue weighted by atomic mass is 9.97. The van der Waals surface area contributed by atoms with E-state index in [-0.39, 0.29) is 63.9 Å². The second-order valence-electron chi connectivity index (χ2n) is 25.4. The van der Waals surface area contributed by atoms with Crippen molar-refractivity contribution in [2.75, 3.05) is 130 Å². The minimum absolute atomic E-state index is 0.00645. The van der Waals surface area contributed by atoms with E-state index in [9.17, 15) is 36.9 Å². The molecule has 8 atom stereocenters. The average Bonchev–Trinajstić information content (AvgIpc) is 1.62. The Bertz CT molecular complexity index is 3260. The van der Waals surface area contributed by atoms with E-state index in [0.717, 1.165) is 74.4 Å². The number of sulfonamides is 1. The molecule has 0 aromatic heterocycles. The molecular weight excluding hydrogens is 1260 g/mol. The second kappa shape index (κ2) is 32.5. The van der Waals surface area contributed by atoms with Gasteiger partial charge in [0.2, 0.25) is 10.0 Å². The lowest BCUT2D eigenvalue weighted by molar-refractivity contribution is 0.0505. The van der Waals surface area contributed by atoms with Crippen LogP contribution in [0.2, 0.25) is 10.0 Å². The maximum absolute atomic E-state index is 13.6. The number of unbranched alkanes of at least 4 members (excludes halogenated alkanes) is 1. The normalized spacial score (nSPS) is 23.7. The van der Waals surface area contributed by atoms with Gasteiger partial charge in [0.15, 0.2) is 9.84 Å². The highest BCUT2D eigenvalue weighted by molar-refractivity contribution is 7.91. The number of likely N-dealkylation sites (tertiary alicyclic amines) is 3. The maximum Gasteiger partial charge on any atom is 0.314 e. The summed E-state index contributed by atoms with van der Waals surface area (Å²) < 4.78 is 82.0. The highest BCUT2D eigenvalue weighted by atomic mass is 35.5. The van der Waals surface area contributed by atoms with E-state index in [1.807, 2.05) is 12.1 Å². The number of carbonyl (C=O) groups is 2. The molecule has 2 aliphatic carbocycles. The lowest BCUT2D eigenvalue weighted by Gasteiger charge is -2.38. The zero-order chi connectivity index (χ0) is 64.8. The van der Waals surface area contributed by atoms with Gasteiger partial charge >= 0.3 is 12.1 Å². The summed E-state index contributed by atoms with van der Waals surface area (Å²) in [6, 6.07) is 24.5. The van der Waals surface area contributed by atoms with Gasteiger partial charge in [-0.3, -0.25) is 14.7 Å². The number of urea groups is 2. The van der Waals surface area contributed by atoms with Crippen molar-refractivity contribution in [1.82, 2.24) is 50.9 Å². The largest absolute Gasteiger partial charge is 0.484 e. The number of rotatable bonds is 29. The first-order valence-corrected chi connectivity index (χ1v) is 36.4. The Hall–Kier alpha value is -5.84. The molecule has 4 saturated heterocycles. The molecule has 22 nitrogen and oxygen atoms in total. The molecule has 4 aromatic rings. The van der Waals surface area contributed by atoms with Crippen LogP contribution in [0.25, 0.3) is 0 Å². The molecule has 0 unspecified atom stereocenters. The van der Waals surface area contributed by atoms with Crippen molar-refractivity contribution in [2.45, 2.75) is 111 Å². The Morgan fingerprint density at radius 3 is 1.68 bits per heavy atom. The van der Waals surface area contributed by atoms with E-state index in [1.165, 1.54) is 6.42 Å². The van der Waals surface area contributed by atoms with Crippen molar-refractivity contribution in [2.24, 2.45) is 11.8 Å². The van der Waals surface area contributed by atoms with Gasteiger partial charge in [-0.1, -0.05) is 30.1 Å². The van der Waals surface area contributed by atoms with Gasteiger partial charge in [0, 0.05) is 101 Å². The molecule has 6 aliphatic rings. The molecule has 4 fully saturated rings. The summed E-state index contributed by atoms with van der Waals surface area (Å²) in [5, 5.41) is 35.5. The third kappa shape index (κ3) is 18.5. The summed E-state index contributed by atoms with van der Waals surface area (Å²) >= 11 is 13.0. The van der Waals surface area contributed by atoms with Gasteiger partial charge < -0.3 is 50.4 Å². The number of amides is 4. The van der Waals surface area contributed by atoms with Crippen LogP contribution in [0, 0.1) is 34.5 Å². The lowest BCUT2D eigenvalue weighted by Crippen LogP contribution is -2.54. The highest BCUT2D eigenvalue weighted by Gasteiger charge is 2.43. The number of carbonyl (C=O) groups excluding carboxylic acids is 2. The third-order valence-electron chi connectivity index (χ3n) is 18.5. The minimum atomic E-state index is -3.81. The van der Waals surface area contributed by atoms with E-state index in [2.05, 4.69) is 76.9 Å². The predicted molar refractivity (Wildman–Crippen MR) is 351 cm³/mol. The fourth-order valence-corrected chi connectivity index (χ4v) is 17.2. The highest BCUT2D eigenvalue weighted by Crippen LogP contribution is 2.44. The minimum Gasteiger partial charge on any atom is -0.484 e. The van der Waals surface area contributed by atoms with Crippen LogP contribution < -0.4 is 40.8 Å². The molecule has 4 aliphatic heterocycles. The van der Waals surface area contributed by atoms with Crippen LogP contribution in [-0.2, 0) is 42.2 Å². The van der Waals surface area contributed by atoms with Gasteiger partial charge in [0.1, 0.15) is 23.7 Å². The molecule has 26 heteroatoms. The number of fused-ring (bicyclic) bond motifs is 2. The number of nitrogens with zero attached hydrogens (tertiary/aromatic N) is 6. The molecule has 10 rings (SSSR count). The van der Waals surface area contributed by atoms with E-state index < -0.39 is 19.9 Å². The van der Waals surface area contributed by atoms with Crippen molar-refractivity contribution in [3.05, 3.63) is 116 Å². The number of nitriles is 2. The van der Waals surface area contributed by atoms with E-state index >= 15 is 0 Å². The molecule has 6 N–H and O–H groups in total. The zero-order valence-corrected chi connectivity index (χ0v) is 55.8. The topological polar surface area (TPSA) is 272 Å². The molecule has 0 bridgehead atoms. The number of benzene rings is 4. The van der Waals surface area contributed by atoms with Gasteiger partial charge in [-0.15, -0.1) is 0 Å². The van der Waals surface area contributed by atoms with Gasteiger partial charge in [-0.25, -0.2) is 31.1 Å². The van der Waals surface area contributed by atoms with Crippen molar-refractivity contribution in [3.63, 3.8) is 0 Å². The number of halogens is 2. The standard InChI is InChI=1S/C66H88Cl2N12O10S2/c1-45-6-5-22-79(40-45)61-36-57-48(38-69)32-50(67)34-59(57)63(61)89-53-7-11-55(12-8-53)91(83,84)44-47-15-23-77(42-47)26-30-87-28-20-74-65(81)72-17-3-4-18-73-66(82)75-21-29-88-31-27-78-24-16-52(43-78)76-92(85,86)56-13-9-54(10-14-56)90-64-60-35-51(68)33-49(39-70)58(60)37-62(64)80-25-19-71-46(2)41-80/h7-14,32-35,45-47,52,61-64,71,76H,3-6,15-31,36-37,40-44H2,1-2H3,(H2,72,74,81)(H2,73,75,82)/t45-,46+,47-,52-,61+,62+,63+,64+/m1/s1. The quantitative estimate of drug-likeness (QED) is 0.0321. The van der Waals surface area contributed by atoms with Gasteiger partial charge in [0.25, 0.3) is 0 Å². The fraction of sp³-hybridized carbons (Fsp3) is 0.576. The summed E-state index contributed by atoms with van der Waals surface area (Å²) in [5.74, 6) is 1.71. The van der Waals surface area contributed by atoms with Crippen LogP contribution in [-0.4, -0.2) is 203 Å². The smallest absolute Gasteiger partial charge is 0.314 e. The Labute approximate surface area is 552 Å². The maximum atomic E-state index is 13.6. The first kappa shape index (κ1) is 69.0. The monoisotopic (exact) mass is 1340 g/mol. The zero-order valence-electron chi connectivity index (χ0n) is 52.7. The SMILES string of the molecule is C[C@@H]1CCCN([C@H]2Cc3c(C#N)cc(Cl)cc3[C@@H]2Oc2ccc(S(=O)(=O)C[C@@H]3CCN(CCOCCNC(=O)NCCCCNC(=O)NCCOCCN4CC[C@@H](NS(=O)(=O)c5ccc(O[C@H]6c7cc(Cl)cc(C#N)c7C[C@@H]6N6CCN[C@@H](C)C6)cc5)C4)C3)cc2)C1. The summed E-state index contributed by atoms with van der Waals surface area (Å²) in [4.78, 5) is 34.3. The summed E-state index contributed by atoms with van der Waals surface area (Å²) in [6.45, 7) is 15.9. The number of nitrogens with one attached hydrogen (secondary N) is 6. The van der Waals surface area contributed by atoms with Gasteiger partial charge in [-0.05, 0) is 185 Å². The third-order valence-corrected chi connectivity index (χ3v) is 22.4. The molecule has 498 valence electrons. The number of sulfone groups is 1. The molecule has 0 spiro atoms. The number of hydrogen-bond donors (Lipinski definition) is 6. The Morgan fingerprint density at radius 2 is 1.14 bits per heavy atom. The van der Waals surface area contributed by atoms with Gasteiger partial charge in [-0.2, -0.15) is 10.5 Å². The van der Waals surface area contributed by atoms with Crippen molar-refractivity contribution in [1.29, 1.82) is 10.5 Å². The average molecular weight is 1340 g/mol. The van der Waals surface area contributed by atoms with Crippen LogP contribution in [0.15, 0.2) is 82.6 Å². The number of piperazine rings is 1. The second-order valence-corrected chi connectivity index (χ2v) is 30.0. The van der Waals surface area contributed by atoms with Crippen molar-refractivity contribution in [3.8, 4) is 23.6 Å². The summed E-state index contributed by atoms with van der Waals surface area (Å²) in [7, 11) is -7.36. The fourth-order valence-electron chi connectivity index (χ4n) is 13.9. The predicted octanol–water partition coefficient (Wildman–Crippen LogP) is 6.41. The summed E-state index contributed by atoms with van der Waals surface area (Å²) in [6.07, 6.45) is 5.68. The van der Waals surface area contributed by atoms with Crippen molar-refractivity contribution < 1.29 is 45.4 Å². The van der Waals surface area contributed by atoms with E-state index in [4.69, 9.17) is 42.1 Å². The molecule has 0 saturated carbocycles. The van der Waals surface area contributed by atoms with Gasteiger partial charge in [0.05, 0.1) is 77.3 Å². The summed E-state index contributed by atoms with van der Waals surface area (Å²) in [5.41, 5.74) is 4.84. The Morgan fingerprint density at radius 1 is 0.620 bits per heavy atom. The first-order valence-electron chi connectivity index (χ1n) is 32.5. The van der Waals surface area contributed by atoms with Crippen LogP contribution in [0.5, 0.6) is 11.5 Å². The molecule has 4 amide bonds. The molecule has 4 aromatic carbocycles. The van der Waals surface area contributed by atoms with Crippen LogP contribution in [0.4, 0.5) is 9.59 Å². The number of piperidine rings is 1. The van der Waals surface area contributed by atoms with E-state index in [1.54, 1.807) is 60.7 Å². The van der Waals surface area contributed by atoms with E-state index in [0.29, 0.717) is 162 Å². The Balaban J connectivity index is 0.525. The molecule has 4 heterocycles. The van der Waals surface area contributed by atoms with Crippen molar-refractivity contribution >= 4 is 55.1 Å². The van der Waals surface area contributed by atoms with Crippen LogP contribution in [0.3, 0.4) is 0 Å². The Kier molecular flexibility index (Phi) is 24.4.